The Bertz CT molecular complexity index is 1050. The number of aryl methyl sites for hydroxylation is 1. The number of pyridine rings is 1. The second-order valence-electron chi connectivity index (χ2n) is 5.83. The summed E-state index contributed by atoms with van der Waals surface area (Å²) in [6.07, 6.45) is 1.47. The van der Waals surface area contributed by atoms with Gasteiger partial charge in [0.1, 0.15) is 5.15 Å². The third-order valence-electron chi connectivity index (χ3n) is 3.96. The number of aromatic nitrogens is 1. The monoisotopic (exact) mass is 367 g/mol. The summed E-state index contributed by atoms with van der Waals surface area (Å²) < 4.78 is 10.5. The van der Waals surface area contributed by atoms with Crippen molar-refractivity contribution in [2.45, 2.75) is 6.92 Å². The Morgan fingerprint density at radius 1 is 1.19 bits per heavy atom. The Kier molecular flexibility index (Phi) is 4.18. The van der Waals surface area contributed by atoms with Crippen LogP contribution >= 0.6 is 11.6 Å². The predicted molar refractivity (Wildman–Crippen MR) is 99.1 cm³/mol. The first-order valence-corrected chi connectivity index (χ1v) is 8.28. The van der Waals surface area contributed by atoms with E-state index in [0.29, 0.717) is 27.8 Å². The summed E-state index contributed by atoms with van der Waals surface area (Å²) in [5, 5.41) is 5.25. The van der Waals surface area contributed by atoms with Gasteiger partial charge in [0.15, 0.2) is 11.5 Å². The molecule has 2 aromatic carbocycles. The number of rotatable bonds is 3. The molecule has 1 aromatic heterocycles. The number of carbonyl (C=O) groups is 1. The number of halogens is 1. The van der Waals surface area contributed by atoms with E-state index in [9.17, 15) is 4.79 Å². The summed E-state index contributed by atoms with van der Waals surface area (Å²) in [6, 6.07) is 12.7. The van der Waals surface area contributed by atoms with E-state index < -0.39 is 0 Å². The molecule has 4 rings (SSSR count). The molecule has 1 aliphatic rings. The second-order valence-corrected chi connectivity index (χ2v) is 6.19. The summed E-state index contributed by atoms with van der Waals surface area (Å²) in [6.45, 7) is 2.15. The van der Waals surface area contributed by atoms with Crippen LogP contribution in [0.25, 0.3) is 10.9 Å². The third kappa shape index (κ3) is 3.19. The second kappa shape index (κ2) is 6.65. The van der Waals surface area contributed by atoms with Crippen molar-refractivity contribution < 1.29 is 14.3 Å². The van der Waals surface area contributed by atoms with Gasteiger partial charge in [-0.05, 0) is 42.8 Å². The lowest BCUT2D eigenvalue weighted by Gasteiger charge is -2.04. The smallest absolute Gasteiger partial charge is 0.271 e. The average molecular weight is 368 g/mol. The summed E-state index contributed by atoms with van der Waals surface area (Å²) in [5.74, 6) is 0.799. The maximum atomic E-state index is 12.2. The van der Waals surface area contributed by atoms with E-state index >= 15 is 0 Å². The standard InChI is InChI=1S/C19H14ClN3O3/c1-11-2-3-12-7-14(18(20)22-15(12)6-11)9-21-23-19(24)13-4-5-16-17(8-13)26-10-25-16/h2-9H,10H2,1H3,(H,23,24)/b21-9-. The van der Waals surface area contributed by atoms with Gasteiger partial charge in [0.2, 0.25) is 6.79 Å². The van der Waals surface area contributed by atoms with Crippen LogP contribution in [0, 0.1) is 6.92 Å². The number of benzene rings is 2. The largest absolute Gasteiger partial charge is 0.454 e. The Labute approximate surface area is 154 Å². The quantitative estimate of drug-likeness (QED) is 0.435. The topological polar surface area (TPSA) is 72.8 Å². The Hall–Kier alpha value is -3.12. The van der Waals surface area contributed by atoms with Crippen molar-refractivity contribution in [1.29, 1.82) is 0 Å². The van der Waals surface area contributed by atoms with Crippen LogP contribution < -0.4 is 14.9 Å². The van der Waals surface area contributed by atoms with Gasteiger partial charge in [-0.2, -0.15) is 5.10 Å². The van der Waals surface area contributed by atoms with Crippen LogP contribution in [0.2, 0.25) is 5.15 Å². The zero-order chi connectivity index (χ0) is 18.1. The first kappa shape index (κ1) is 16.4. The summed E-state index contributed by atoms with van der Waals surface area (Å²) in [5.41, 5.74) is 5.44. The molecule has 0 spiro atoms. The molecule has 0 bridgehead atoms. The molecule has 3 aromatic rings. The molecule has 0 fully saturated rings. The highest BCUT2D eigenvalue weighted by atomic mass is 35.5. The fraction of sp³-hybridized carbons (Fsp3) is 0.105. The lowest BCUT2D eigenvalue weighted by atomic mass is 10.1. The van der Waals surface area contributed by atoms with Crippen LogP contribution in [-0.2, 0) is 0 Å². The number of hydrazone groups is 1. The molecule has 0 saturated carbocycles. The molecule has 6 nitrogen and oxygen atoms in total. The van der Waals surface area contributed by atoms with Gasteiger partial charge < -0.3 is 9.47 Å². The van der Waals surface area contributed by atoms with Crippen molar-refractivity contribution in [2.75, 3.05) is 6.79 Å². The number of fused-ring (bicyclic) bond motifs is 2. The molecule has 0 saturated heterocycles. The maximum absolute atomic E-state index is 12.2. The normalized spacial score (nSPS) is 12.7. The number of nitrogens with one attached hydrogen (secondary N) is 1. The molecule has 26 heavy (non-hydrogen) atoms. The molecule has 0 unspecified atom stereocenters. The summed E-state index contributed by atoms with van der Waals surface area (Å²) in [4.78, 5) is 16.6. The van der Waals surface area contributed by atoms with Gasteiger partial charge in [-0.3, -0.25) is 4.79 Å². The summed E-state index contributed by atoms with van der Waals surface area (Å²) in [7, 11) is 0. The highest BCUT2D eigenvalue weighted by Crippen LogP contribution is 2.32. The number of amides is 1. The molecular formula is C19H14ClN3O3. The molecule has 1 N–H and O–H groups in total. The third-order valence-corrected chi connectivity index (χ3v) is 4.26. The molecule has 1 aliphatic heterocycles. The first-order chi connectivity index (χ1) is 12.6. The van der Waals surface area contributed by atoms with Crippen molar-refractivity contribution in [1.82, 2.24) is 10.4 Å². The van der Waals surface area contributed by atoms with Crippen LogP contribution in [-0.4, -0.2) is 23.9 Å². The van der Waals surface area contributed by atoms with Gasteiger partial charge in [-0.15, -0.1) is 0 Å². The number of hydrogen-bond acceptors (Lipinski definition) is 5. The fourth-order valence-electron chi connectivity index (χ4n) is 2.62. The average Bonchev–Trinajstić information content (AvgIpc) is 3.09. The minimum absolute atomic E-state index is 0.158. The molecule has 2 heterocycles. The van der Waals surface area contributed by atoms with Crippen molar-refractivity contribution in [2.24, 2.45) is 5.10 Å². The minimum Gasteiger partial charge on any atom is -0.454 e. The van der Waals surface area contributed by atoms with E-state index in [0.717, 1.165) is 16.5 Å². The summed E-state index contributed by atoms with van der Waals surface area (Å²) >= 11 is 6.21. The fourth-order valence-corrected chi connectivity index (χ4v) is 2.82. The van der Waals surface area contributed by atoms with Crippen molar-refractivity contribution >= 4 is 34.6 Å². The van der Waals surface area contributed by atoms with E-state index in [1.807, 2.05) is 31.2 Å². The zero-order valence-corrected chi connectivity index (χ0v) is 14.6. The maximum Gasteiger partial charge on any atom is 0.271 e. The molecule has 7 heteroatoms. The van der Waals surface area contributed by atoms with Gasteiger partial charge in [-0.1, -0.05) is 23.7 Å². The Morgan fingerprint density at radius 3 is 2.92 bits per heavy atom. The van der Waals surface area contributed by atoms with E-state index in [1.165, 1.54) is 6.21 Å². The predicted octanol–water partition coefficient (Wildman–Crippen LogP) is 3.69. The van der Waals surface area contributed by atoms with E-state index in [1.54, 1.807) is 18.2 Å². The Morgan fingerprint density at radius 2 is 2.04 bits per heavy atom. The van der Waals surface area contributed by atoms with E-state index in [-0.39, 0.29) is 12.7 Å². The van der Waals surface area contributed by atoms with E-state index in [2.05, 4.69) is 15.5 Å². The van der Waals surface area contributed by atoms with Gasteiger partial charge in [0, 0.05) is 16.5 Å². The number of ether oxygens (including phenoxy) is 2. The van der Waals surface area contributed by atoms with Gasteiger partial charge in [0.25, 0.3) is 5.91 Å². The van der Waals surface area contributed by atoms with Crippen LogP contribution in [0.15, 0.2) is 47.6 Å². The van der Waals surface area contributed by atoms with Gasteiger partial charge in [0.05, 0.1) is 11.7 Å². The lowest BCUT2D eigenvalue weighted by Crippen LogP contribution is -2.17. The SMILES string of the molecule is Cc1ccc2cc(/C=N\NC(=O)c3ccc4c(c3)OCO4)c(Cl)nc2c1. The highest BCUT2D eigenvalue weighted by molar-refractivity contribution is 6.32. The molecule has 130 valence electrons. The minimum atomic E-state index is -0.361. The molecular weight excluding hydrogens is 354 g/mol. The van der Waals surface area contributed by atoms with Crippen LogP contribution in [0.5, 0.6) is 11.5 Å². The number of carbonyl (C=O) groups excluding carboxylic acids is 1. The van der Waals surface area contributed by atoms with Gasteiger partial charge in [-0.25, -0.2) is 10.4 Å². The number of nitrogens with zero attached hydrogens (tertiary/aromatic N) is 2. The highest BCUT2D eigenvalue weighted by Gasteiger charge is 2.15. The van der Waals surface area contributed by atoms with Crippen molar-refractivity contribution in [3.8, 4) is 11.5 Å². The van der Waals surface area contributed by atoms with Crippen molar-refractivity contribution in [3.05, 3.63) is 64.3 Å². The Balaban J connectivity index is 1.51. The molecule has 0 aliphatic carbocycles. The number of hydrogen-bond donors (Lipinski definition) is 1. The van der Waals surface area contributed by atoms with Gasteiger partial charge >= 0.3 is 0 Å². The zero-order valence-electron chi connectivity index (χ0n) is 13.8. The van der Waals surface area contributed by atoms with Crippen LogP contribution in [0.1, 0.15) is 21.5 Å². The van der Waals surface area contributed by atoms with Crippen molar-refractivity contribution in [3.63, 3.8) is 0 Å². The van der Waals surface area contributed by atoms with E-state index in [4.69, 9.17) is 21.1 Å². The molecule has 1 amide bonds. The first-order valence-electron chi connectivity index (χ1n) is 7.90. The lowest BCUT2D eigenvalue weighted by molar-refractivity contribution is 0.0954. The van der Waals surface area contributed by atoms with Crippen LogP contribution in [0.4, 0.5) is 0 Å². The molecule has 0 atom stereocenters. The van der Waals surface area contributed by atoms with Crippen LogP contribution in [0.3, 0.4) is 0 Å². The molecule has 0 radical (unpaired) electrons.